The van der Waals surface area contributed by atoms with Gasteiger partial charge in [0.05, 0.1) is 15.9 Å². The highest BCUT2D eigenvalue weighted by Crippen LogP contribution is 2.42. The fourth-order valence-electron chi connectivity index (χ4n) is 3.17. The Morgan fingerprint density at radius 2 is 2.00 bits per heavy atom. The molecule has 0 amide bonds. The number of fused-ring (bicyclic) bond motifs is 2. The number of rotatable bonds is 4. The zero-order chi connectivity index (χ0) is 15.0. The Morgan fingerprint density at radius 3 is 2.57 bits per heavy atom. The predicted molar refractivity (Wildman–Crippen MR) is 76.3 cm³/mol. The summed E-state index contributed by atoms with van der Waals surface area (Å²) < 4.78 is 0. The first-order valence-corrected chi connectivity index (χ1v) is 6.80. The second-order valence-corrected chi connectivity index (χ2v) is 5.51. The van der Waals surface area contributed by atoms with E-state index in [1.807, 2.05) is 0 Å². The third-order valence-electron chi connectivity index (χ3n) is 4.22. The molecule has 21 heavy (non-hydrogen) atoms. The Kier molecular flexibility index (Phi) is 3.28. The number of benzene rings is 1. The van der Waals surface area contributed by atoms with Crippen molar-refractivity contribution < 1.29 is 9.85 Å². The summed E-state index contributed by atoms with van der Waals surface area (Å²) in [6.07, 6.45) is 4.47. The van der Waals surface area contributed by atoms with Gasteiger partial charge in [0, 0.05) is 11.8 Å². The van der Waals surface area contributed by atoms with Crippen molar-refractivity contribution in [2.45, 2.75) is 25.7 Å². The molecule has 2 bridgehead atoms. The summed E-state index contributed by atoms with van der Waals surface area (Å²) in [5.74, 6) is 1.18. The standard InChI is InChI=1S/C13H14N4O4/c18-16(19)10-3-4-11(13(7-10)17(20)21)14-15-12-6-8-1-2-9(12)5-8/h3-4,7-9,14H,1-2,5-6H2/b15-12-/t8-,9-/m1/s1. The first-order chi connectivity index (χ1) is 10.0. The molecule has 2 atom stereocenters. The third-order valence-corrected chi connectivity index (χ3v) is 4.22. The van der Waals surface area contributed by atoms with Crippen LogP contribution < -0.4 is 5.43 Å². The Balaban J connectivity index is 1.83. The molecule has 0 aliphatic heterocycles. The van der Waals surface area contributed by atoms with Crippen LogP contribution in [0.25, 0.3) is 0 Å². The number of nitro groups is 2. The van der Waals surface area contributed by atoms with E-state index < -0.39 is 9.85 Å². The van der Waals surface area contributed by atoms with Crippen molar-refractivity contribution in [1.82, 2.24) is 0 Å². The van der Waals surface area contributed by atoms with Crippen molar-refractivity contribution in [1.29, 1.82) is 0 Å². The average molecular weight is 290 g/mol. The van der Waals surface area contributed by atoms with Crippen LogP contribution in [0.2, 0.25) is 0 Å². The SMILES string of the molecule is O=[N+]([O-])c1ccc(N/N=C2/C[C@@H]3CC[C@@H]2C3)c([N+](=O)[O-])c1. The minimum absolute atomic E-state index is 0.181. The van der Waals surface area contributed by atoms with E-state index in [2.05, 4.69) is 10.5 Å². The monoisotopic (exact) mass is 290 g/mol. The lowest BCUT2D eigenvalue weighted by atomic mass is 9.99. The minimum Gasteiger partial charge on any atom is -0.272 e. The highest BCUT2D eigenvalue weighted by Gasteiger charge is 2.36. The number of nitrogens with one attached hydrogen (secondary N) is 1. The first-order valence-electron chi connectivity index (χ1n) is 6.80. The molecule has 1 aromatic rings. The molecule has 0 heterocycles. The molecule has 110 valence electrons. The lowest BCUT2D eigenvalue weighted by molar-refractivity contribution is -0.393. The largest absolute Gasteiger partial charge is 0.301 e. The fourth-order valence-corrected chi connectivity index (χ4v) is 3.17. The van der Waals surface area contributed by atoms with E-state index in [0.717, 1.165) is 31.0 Å². The Morgan fingerprint density at radius 1 is 1.19 bits per heavy atom. The Bertz CT molecular complexity index is 643. The highest BCUT2D eigenvalue weighted by molar-refractivity contribution is 5.90. The molecule has 8 nitrogen and oxygen atoms in total. The Hall–Kier alpha value is -2.51. The molecular formula is C13H14N4O4. The van der Waals surface area contributed by atoms with Gasteiger partial charge in [-0.3, -0.25) is 25.7 Å². The van der Waals surface area contributed by atoms with Crippen molar-refractivity contribution in [3.63, 3.8) is 0 Å². The maximum atomic E-state index is 11.0. The molecule has 0 saturated heterocycles. The van der Waals surface area contributed by atoms with Crippen LogP contribution in [0.5, 0.6) is 0 Å². The molecule has 8 heteroatoms. The van der Waals surface area contributed by atoms with Gasteiger partial charge in [0.15, 0.2) is 0 Å². The summed E-state index contributed by atoms with van der Waals surface area (Å²) >= 11 is 0. The van der Waals surface area contributed by atoms with Gasteiger partial charge in [0.1, 0.15) is 5.69 Å². The van der Waals surface area contributed by atoms with E-state index in [1.54, 1.807) is 0 Å². The van der Waals surface area contributed by atoms with Crippen molar-refractivity contribution in [2.24, 2.45) is 16.9 Å². The first kappa shape index (κ1) is 13.5. The summed E-state index contributed by atoms with van der Waals surface area (Å²) in [6.45, 7) is 0. The zero-order valence-electron chi connectivity index (χ0n) is 11.2. The van der Waals surface area contributed by atoms with Crippen molar-refractivity contribution in [3.8, 4) is 0 Å². The maximum Gasteiger partial charge on any atom is 0.301 e. The molecule has 0 radical (unpaired) electrons. The third kappa shape index (κ3) is 2.56. The van der Waals surface area contributed by atoms with Crippen molar-refractivity contribution in [3.05, 3.63) is 38.4 Å². The number of hydrazone groups is 1. The summed E-state index contributed by atoms with van der Waals surface area (Å²) in [5, 5.41) is 26.0. The van der Waals surface area contributed by atoms with Crippen LogP contribution in [-0.2, 0) is 0 Å². The van der Waals surface area contributed by atoms with Crippen LogP contribution >= 0.6 is 0 Å². The van der Waals surface area contributed by atoms with E-state index in [0.29, 0.717) is 11.8 Å². The second kappa shape index (κ2) is 5.12. The molecule has 2 aliphatic rings. The maximum absolute atomic E-state index is 11.0. The quantitative estimate of drug-likeness (QED) is 0.676. The summed E-state index contributed by atoms with van der Waals surface area (Å²) in [6, 6.07) is 3.51. The number of nitrogens with zero attached hydrogens (tertiary/aromatic N) is 3. The molecule has 3 rings (SSSR count). The van der Waals surface area contributed by atoms with Gasteiger partial charge in [-0.25, -0.2) is 0 Å². The van der Waals surface area contributed by atoms with Gasteiger partial charge in [0.25, 0.3) is 5.69 Å². The molecule has 0 unspecified atom stereocenters. The minimum atomic E-state index is -0.654. The van der Waals surface area contributed by atoms with E-state index in [4.69, 9.17) is 0 Å². The van der Waals surface area contributed by atoms with E-state index >= 15 is 0 Å². The lowest BCUT2D eigenvalue weighted by Gasteiger charge is -2.12. The molecular weight excluding hydrogens is 276 g/mol. The normalized spacial score (nSPS) is 25.2. The predicted octanol–water partition coefficient (Wildman–Crippen LogP) is 3.09. The van der Waals surface area contributed by atoms with E-state index in [9.17, 15) is 20.2 Å². The topological polar surface area (TPSA) is 111 Å². The molecule has 2 aliphatic carbocycles. The van der Waals surface area contributed by atoms with Crippen LogP contribution in [0.1, 0.15) is 25.7 Å². The number of non-ortho nitro benzene ring substituents is 1. The van der Waals surface area contributed by atoms with Crippen molar-refractivity contribution >= 4 is 22.8 Å². The van der Waals surface area contributed by atoms with Gasteiger partial charge >= 0.3 is 5.69 Å². The number of hydrogen-bond donors (Lipinski definition) is 1. The van der Waals surface area contributed by atoms with Gasteiger partial charge in [-0.2, -0.15) is 5.10 Å². The smallest absolute Gasteiger partial charge is 0.272 e. The van der Waals surface area contributed by atoms with Crippen LogP contribution in [0.3, 0.4) is 0 Å². The summed E-state index contributed by atoms with van der Waals surface area (Å²) in [4.78, 5) is 20.4. The second-order valence-electron chi connectivity index (χ2n) is 5.51. The molecule has 0 spiro atoms. The van der Waals surface area contributed by atoms with Crippen LogP contribution in [0, 0.1) is 32.1 Å². The van der Waals surface area contributed by atoms with Gasteiger partial charge in [0.2, 0.25) is 0 Å². The van der Waals surface area contributed by atoms with Crippen molar-refractivity contribution in [2.75, 3.05) is 5.43 Å². The molecule has 1 aromatic carbocycles. The fraction of sp³-hybridized carbons (Fsp3) is 0.462. The molecule has 2 fully saturated rings. The number of nitro benzene ring substituents is 2. The molecule has 0 aromatic heterocycles. The van der Waals surface area contributed by atoms with Gasteiger partial charge < -0.3 is 0 Å². The van der Waals surface area contributed by atoms with Gasteiger partial charge in [-0.05, 0) is 43.6 Å². The van der Waals surface area contributed by atoms with Crippen LogP contribution in [-0.4, -0.2) is 15.6 Å². The number of anilines is 1. The Labute approximate surface area is 120 Å². The van der Waals surface area contributed by atoms with Crippen LogP contribution in [0.15, 0.2) is 23.3 Å². The molecule has 2 saturated carbocycles. The number of hydrogen-bond acceptors (Lipinski definition) is 6. The zero-order valence-corrected chi connectivity index (χ0v) is 11.2. The lowest BCUT2D eigenvalue weighted by Crippen LogP contribution is -2.11. The summed E-state index contributed by atoms with van der Waals surface area (Å²) in [5.41, 5.74) is 3.31. The molecule has 1 N–H and O–H groups in total. The van der Waals surface area contributed by atoms with Crippen LogP contribution in [0.4, 0.5) is 17.1 Å². The highest BCUT2D eigenvalue weighted by atomic mass is 16.6. The average Bonchev–Trinajstić information content (AvgIpc) is 3.07. The van der Waals surface area contributed by atoms with Gasteiger partial charge in [-0.15, -0.1) is 0 Å². The van der Waals surface area contributed by atoms with E-state index in [-0.39, 0.29) is 17.1 Å². The summed E-state index contributed by atoms with van der Waals surface area (Å²) in [7, 11) is 0. The van der Waals surface area contributed by atoms with Gasteiger partial charge in [-0.1, -0.05) is 0 Å². The van der Waals surface area contributed by atoms with E-state index in [1.165, 1.54) is 18.6 Å².